The lowest BCUT2D eigenvalue weighted by Gasteiger charge is -2.01. The highest BCUT2D eigenvalue weighted by atomic mass is 16.5. The van der Waals surface area contributed by atoms with Crippen LogP contribution in [-0.4, -0.2) is 12.2 Å². The predicted molar refractivity (Wildman–Crippen MR) is 50.4 cm³/mol. The van der Waals surface area contributed by atoms with Gasteiger partial charge in [0.1, 0.15) is 5.76 Å². The molecule has 3 nitrogen and oxygen atoms in total. The molecule has 0 saturated heterocycles. The second-order valence-corrected chi connectivity index (χ2v) is 4.49. The lowest BCUT2D eigenvalue weighted by atomic mass is 10.1. The van der Waals surface area contributed by atoms with Crippen molar-refractivity contribution in [2.45, 2.75) is 32.7 Å². The van der Waals surface area contributed by atoms with Gasteiger partial charge in [-0.1, -0.05) is 19.0 Å². The van der Waals surface area contributed by atoms with Gasteiger partial charge in [0.15, 0.2) is 0 Å². The fourth-order valence-electron chi connectivity index (χ4n) is 1.79. The number of hydrogen-bond donors (Lipinski definition) is 1. The Balaban J connectivity index is 2.17. The van der Waals surface area contributed by atoms with Crippen molar-refractivity contribution in [3.05, 3.63) is 17.5 Å². The summed E-state index contributed by atoms with van der Waals surface area (Å²) in [4.78, 5) is 0. The fourth-order valence-corrected chi connectivity index (χ4v) is 1.79. The van der Waals surface area contributed by atoms with Crippen LogP contribution in [0.3, 0.4) is 0 Å². The zero-order chi connectivity index (χ0) is 9.47. The van der Waals surface area contributed by atoms with Crippen molar-refractivity contribution in [2.24, 2.45) is 5.41 Å². The molecule has 0 radical (unpaired) electrons. The Kier molecular flexibility index (Phi) is 1.91. The highest BCUT2D eigenvalue weighted by Crippen LogP contribution is 2.59. The highest BCUT2D eigenvalue weighted by molar-refractivity contribution is 5.26. The van der Waals surface area contributed by atoms with Crippen LogP contribution < -0.4 is 5.32 Å². The van der Waals surface area contributed by atoms with E-state index in [-0.39, 0.29) is 0 Å². The molecular formula is C10H16N2O. The molecule has 0 amide bonds. The summed E-state index contributed by atoms with van der Waals surface area (Å²) in [5, 5.41) is 6.97. The second-order valence-electron chi connectivity index (χ2n) is 4.49. The van der Waals surface area contributed by atoms with E-state index in [0.29, 0.717) is 11.3 Å². The standard InChI is InChI=1S/C10H16N2O/c1-10(2)4-8(10)9-7(5-11-3)6-12-13-9/h6,8,11H,4-5H2,1-3H3. The molecule has 0 aromatic carbocycles. The third kappa shape index (κ3) is 1.48. The Morgan fingerprint density at radius 2 is 2.38 bits per heavy atom. The van der Waals surface area contributed by atoms with E-state index in [4.69, 9.17) is 4.52 Å². The number of hydrogen-bond acceptors (Lipinski definition) is 3. The number of rotatable bonds is 3. The van der Waals surface area contributed by atoms with Gasteiger partial charge in [-0.15, -0.1) is 0 Å². The number of nitrogens with one attached hydrogen (secondary N) is 1. The average molecular weight is 180 g/mol. The monoisotopic (exact) mass is 180 g/mol. The molecule has 1 aromatic rings. The Labute approximate surface area is 78.5 Å². The van der Waals surface area contributed by atoms with E-state index in [1.807, 2.05) is 13.2 Å². The van der Waals surface area contributed by atoms with Crippen LogP contribution in [0.25, 0.3) is 0 Å². The van der Waals surface area contributed by atoms with E-state index in [2.05, 4.69) is 24.3 Å². The van der Waals surface area contributed by atoms with Crippen LogP contribution in [0.2, 0.25) is 0 Å². The van der Waals surface area contributed by atoms with Crippen molar-refractivity contribution in [3.8, 4) is 0 Å². The average Bonchev–Trinajstić information content (AvgIpc) is 2.52. The molecule has 0 bridgehead atoms. The van der Waals surface area contributed by atoms with Gasteiger partial charge in [0, 0.05) is 18.0 Å². The molecule has 3 heteroatoms. The molecule has 0 spiro atoms. The maximum absolute atomic E-state index is 5.29. The molecule has 1 N–H and O–H groups in total. The van der Waals surface area contributed by atoms with Crippen molar-refractivity contribution in [3.63, 3.8) is 0 Å². The van der Waals surface area contributed by atoms with Crippen LogP contribution in [0, 0.1) is 5.41 Å². The van der Waals surface area contributed by atoms with Crippen molar-refractivity contribution in [1.29, 1.82) is 0 Å². The Morgan fingerprint density at radius 1 is 1.69 bits per heavy atom. The van der Waals surface area contributed by atoms with E-state index in [0.717, 1.165) is 12.3 Å². The summed E-state index contributed by atoms with van der Waals surface area (Å²) in [5.41, 5.74) is 1.63. The normalized spacial score (nSPS) is 24.7. The Hall–Kier alpha value is -0.830. The van der Waals surface area contributed by atoms with Crippen molar-refractivity contribution >= 4 is 0 Å². The zero-order valence-electron chi connectivity index (χ0n) is 8.42. The van der Waals surface area contributed by atoms with Gasteiger partial charge in [-0.05, 0) is 18.9 Å². The molecule has 1 fully saturated rings. The molecule has 2 rings (SSSR count). The van der Waals surface area contributed by atoms with Crippen molar-refractivity contribution in [2.75, 3.05) is 7.05 Å². The van der Waals surface area contributed by atoms with Crippen LogP contribution in [-0.2, 0) is 6.54 Å². The molecular weight excluding hydrogens is 164 g/mol. The lowest BCUT2D eigenvalue weighted by Crippen LogP contribution is -2.06. The molecule has 72 valence electrons. The van der Waals surface area contributed by atoms with Crippen LogP contribution in [0.1, 0.15) is 37.5 Å². The number of aromatic nitrogens is 1. The summed E-state index contributed by atoms with van der Waals surface area (Å²) in [7, 11) is 1.94. The minimum absolute atomic E-state index is 0.419. The maximum Gasteiger partial charge on any atom is 0.144 e. The third-order valence-corrected chi connectivity index (χ3v) is 2.87. The third-order valence-electron chi connectivity index (χ3n) is 2.87. The predicted octanol–water partition coefficient (Wildman–Crippen LogP) is 1.91. The highest BCUT2D eigenvalue weighted by Gasteiger charge is 2.49. The van der Waals surface area contributed by atoms with E-state index in [9.17, 15) is 0 Å². The molecule has 1 heterocycles. The van der Waals surface area contributed by atoms with Gasteiger partial charge in [-0.25, -0.2) is 0 Å². The quantitative estimate of drug-likeness (QED) is 0.772. The van der Waals surface area contributed by atoms with Crippen molar-refractivity contribution < 1.29 is 4.52 Å². The minimum Gasteiger partial charge on any atom is -0.361 e. The van der Waals surface area contributed by atoms with Crippen LogP contribution >= 0.6 is 0 Å². The van der Waals surface area contributed by atoms with Crippen LogP contribution in [0.4, 0.5) is 0 Å². The molecule has 1 atom stereocenters. The van der Waals surface area contributed by atoms with Gasteiger partial charge in [0.25, 0.3) is 0 Å². The van der Waals surface area contributed by atoms with E-state index in [1.165, 1.54) is 12.0 Å². The second kappa shape index (κ2) is 2.84. The zero-order valence-corrected chi connectivity index (χ0v) is 8.42. The van der Waals surface area contributed by atoms with Gasteiger partial charge in [-0.2, -0.15) is 0 Å². The van der Waals surface area contributed by atoms with Gasteiger partial charge in [0.2, 0.25) is 0 Å². The minimum atomic E-state index is 0.419. The molecule has 1 aliphatic rings. The first-order chi connectivity index (χ1) is 6.15. The number of nitrogens with zero attached hydrogens (tertiary/aromatic N) is 1. The maximum atomic E-state index is 5.29. The van der Waals surface area contributed by atoms with Gasteiger partial charge < -0.3 is 9.84 Å². The fraction of sp³-hybridized carbons (Fsp3) is 0.700. The summed E-state index contributed by atoms with van der Waals surface area (Å²) in [6.45, 7) is 5.39. The molecule has 1 saturated carbocycles. The van der Waals surface area contributed by atoms with E-state index < -0.39 is 0 Å². The molecule has 1 aliphatic carbocycles. The van der Waals surface area contributed by atoms with E-state index in [1.54, 1.807) is 0 Å². The van der Waals surface area contributed by atoms with Crippen molar-refractivity contribution in [1.82, 2.24) is 10.5 Å². The molecule has 1 aromatic heterocycles. The molecule has 1 unspecified atom stereocenters. The first kappa shape index (κ1) is 8.75. The smallest absolute Gasteiger partial charge is 0.144 e. The molecule has 0 aliphatic heterocycles. The lowest BCUT2D eigenvalue weighted by molar-refractivity contribution is 0.371. The summed E-state index contributed by atoms with van der Waals surface area (Å²) in [5.74, 6) is 1.66. The van der Waals surface area contributed by atoms with Gasteiger partial charge >= 0.3 is 0 Å². The van der Waals surface area contributed by atoms with E-state index >= 15 is 0 Å². The first-order valence-electron chi connectivity index (χ1n) is 4.73. The summed E-state index contributed by atoms with van der Waals surface area (Å²) < 4.78 is 5.29. The van der Waals surface area contributed by atoms with Gasteiger partial charge in [0.05, 0.1) is 6.20 Å². The largest absolute Gasteiger partial charge is 0.361 e. The van der Waals surface area contributed by atoms with Crippen LogP contribution in [0.15, 0.2) is 10.7 Å². The first-order valence-corrected chi connectivity index (χ1v) is 4.73. The Bertz CT molecular complexity index is 304. The summed E-state index contributed by atoms with van der Waals surface area (Å²) in [6, 6.07) is 0. The van der Waals surface area contributed by atoms with Crippen LogP contribution in [0.5, 0.6) is 0 Å². The summed E-state index contributed by atoms with van der Waals surface area (Å²) in [6.07, 6.45) is 3.04. The Morgan fingerprint density at radius 3 is 2.92 bits per heavy atom. The van der Waals surface area contributed by atoms with Gasteiger partial charge in [-0.3, -0.25) is 0 Å². The summed E-state index contributed by atoms with van der Waals surface area (Å²) >= 11 is 0. The molecule has 13 heavy (non-hydrogen) atoms. The topological polar surface area (TPSA) is 38.1 Å². The SMILES string of the molecule is CNCc1cnoc1C1CC1(C)C.